The summed E-state index contributed by atoms with van der Waals surface area (Å²) in [7, 11) is 0. The lowest BCUT2D eigenvalue weighted by Gasteiger charge is -2.37. The summed E-state index contributed by atoms with van der Waals surface area (Å²) in [6.07, 6.45) is 1.82. The topological polar surface area (TPSA) is 47.0 Å². The van der Waals surface area contributed by atoms with E-state index in [1.165, 1.54) is 6.07 Å². The normalized spacial score (nSPS) is 18.2. The second kappa shape index (κ2) is 9.14. The van der Waals surface area contributed by atoms with Crippen molar-refractivity contribution >= 4 is 17.3 Å². The Morgan fingerprint density at radius 3 is 2.57 bits per heavy atom. The van der Waals surface area contributed by atoms with Crippen LogP contribution >= 0.6 is 0 Å². The summed E-state index contributed by atoms with van der Waals surface area (Å²) >= 11 is 0. The van der Waals surface area contributed by atoms with Crippen LogP contribution in [0.2, 0.25) is 0 Å². The van der Waals surface area contributed by atoms with Crippen LogP contribution in [0.25, 0.3) is 0 Å². The Morgan fingerprint density at radius 1 is 1.07 bits per heavy atom. The van der Waals surface area contributed by atoms with E-state index < -0.39 is 6.10 Å². The zero-order chi connectivity index (χ0) is 21.1. The van der Waals surface area contributed by atoms with Crippen LogP contribution in [0, 0.1) is 5.82 Å². The largest absolute Gasteiger partial charge is 0.387 e. The molecule has 160 valence electrons. The highest BCUT2D eigenvalue weighted by atomic mass is 19.1. The molecule has 1 atom stereocenters. The molecule has 1 fully saturated rings. The molecule has 6 heteroatoms. The summed E-state index contributed by atoms with van der Waals surface area (Å²) in [6.45, 7) is 6.28. The van der Waals surface area contributed by atoms with Crippen molar-refractivity contribution in [2.75, 3.05) is 49.1 Å². The number of rotatable bonds is 5. The molecule has 1 saturated heterocycles. The number of hydrogen-bond acceptors (Lipinski definition) is 4. The zero-order valence-electron chi connectivity index (χ0n) is 17.6. The van der Waals surface area contributed by atoms with Gasteiger partial charge in [0.1, 0.15) is 5.82 Å². The first-order valence-electron chi connectivity index (χ1n) is 10.9. The van der Waals surface area contributed by atoms with E-state index in [9.17, 15) is 14.3 Å². The number of hydrogen-bond donors (Lipinski definition) is 1. The molecule has 4 rings (SSSR count). The van der Waals surface area contributed by atoms with Gasteiger partial charge >= 0.3 is 0 Å². The number of nitrogens with zero attached hydrogens (tertiary/aromatic N) is 3. The van der Waals surface area contributed by atoms with Gasteiger partial charge in [-0.25, -0.2) is 4.39 Å². The minimum absolute atomic E-state index is 0.150. The zero-order valence-corrected chi connectivity index (χ0v) is 17.6. The van der Waals surface area contributed by atoms with Gasteiger partial charge in [-0.2, -0.15) is 0 Å². The Balaban J connectivity index is 1.37. The molecule has 2 aromatic carbocycles. The van der Waals surface area contributed by atoms with Crippen molar-refractivity contribution in [2.45, 2.75) is 32.3 Å². The molecule has 2 aromatic rings. The fourth-order valence-corrected chi connectivity index (χ4v) is 4.50. The minimum Gasteiger partial charge on any atom is -0.387 e. The molecular weight excluding hydrogens is 381 g/mol. The summed E-state index contributed by atoms with van der Waals surface area (Å²) in [5.41, 5.74) is 3.68. The Kier molecular flexibility index (Phi) is 6.35. The number of carbonyl (C=O) groups is 1. The lowest BCUT2D eigenvalue weighted by Crippen LogP contribution is -2.47. The average molecular weight is 412 g/mol. The van der Waals surface area contributed by atoms with Gasteiger partial charge in [-0.15, -0.1) is 0 Å². The quantitative estimate of drug-likeness (QED) is 0.820. The van der Waals surface area contributed by atoms with Crippen molar-refractivity contribution in [3.8, 4) is 0 Å². The van der Waals surface area contributed by atoms with E-state index >= 15 is 0 Å². The molecule has 0 spiro atoms. The van der Waals surface area contributed by atoms with Crippen molar-refractivity contribution < 1.29 is 14.3 Å². The summed E-state index contributed by atoms with van der Waals surface area (Å²) < 4.78 is 14.0. The molecule has 2 aliphatic rings. The third-order valence-corrected chi connectivity index (χ3v) is 6.21. The highest BCUT2D eigenvalue weighted by molar-refractivity contribution is 5.94. The van der Waals surface area contributed by atoms with Gasteiger partial charge in [0.05, 0.1) is 11.8 Å². The number of halogens is 1. The standard InChI is InChI=1S/C24H30FN3O2/c1-2-24(30)28-11-5-6-18-16-19(9-10-21(18)28)23(29)17-26-12-14-27(15-13-26)22-8-4-3-7-20(22)25/h3-4,7-10,16,23,29H,2,5-6,11-15,17H2,1H3/t23-/m1/s1. The van der Waals surface area contributed by atoms with Crippen molar-refractivity contribution in [1.82, 2.24) is 4.90 Å². The van der Waals surface area contributed by atoms with Gasteiger partial charge < -0.3 is 14.9 Å². The second-order valence-electron chi connectivity index (χ2n) is 8.15. The number of amides is 1. The van der Waals surface area contributed by atoms with E-state index in [0.717, 1.165) is 62.4 Å². The molecule has 2 heterocycles. The van der Waals surface area contributed by atoms with E-state index in [4.69, 9.17) is 0 Å². The van der Waals surface area contributed by atoms with Gasteiger partial charge in [0.2, 0.25) is 5.91 Å². The first-order valence-corrected chi connectivity index (χ1v) is 10.9. The maximum Gasteiger partial charge on any atom is 0.226 e. The van der Waals surface area contributed by atoms with Gasteiger partial charge in [0, 0.05) is 51.4 Å². The Hall–Kier alpha value is -2.44. The molecule has 0 aromatic heterocycles. The van der Waals surface area contributed by atoms with Crippen LogP contribution in [0.4, 0.5) is 15.8 Å². The monoisotopic (exact) mass is 411 g/mol. The Morgan fingerprint density at radius 2 is 1.83 bits per heavy atom. The van der Waals surface area contributed by atoms with E-state index in [0.29, 0.717) is 18.7 Å². The van der Waals surface area contributed by atoms with E-state index in [-0.39, 0.29) is 11.7 Å². The number of fused-ring (bicyclic) bond motifs is 1. The highest BCUT2D eigenvalue weighted by Gasteiger charge is 2.24. The molecular formula is C24H30FN3O2. The maximum atomic E-state index is 14.0. The third-order valence-electron chi connectivity index (χ3n) is 6.21. The number of piperazine rings is 1. The van der Waals surface area contributed by atoms with Crippen molar-refractivity contribution in [3.63, 3.8) is 0 Å². The van der Waals surface area contributed by atoms with Gasteiger partial charge in [-0.05, 0) is 42.2 Å². The molecule has 0 unspecified atom stereocenters. The van der Waals surface area contributed by atoms with E-state index in [1.807, 2.05) is 36.1 Å². The molecule has 2 aliphatic heterocycles. The predicted molar refractivity (Wildman–Crippen MR) is 117 cm³/mol. The first kappa shape index (κ1) is 20.8. The van der Waals surface area contributed by atoms with E-state index in [1.54, 1.807) is 6.07 Å². The third kappa shape index (κ3) is 4.35. The number of carbonyl (C=O) groups excluding carboxylic acids is 1. The fraction of sp³-hybridized carbons (Fsp3) is 0.458. The molecule has 0 bridgehead atoms. The van der Waals surface area contributed by atoms with Crippen molar-refractivity contribution in [2.24, 2.45) is 0 Å². The lowest BCUT2D eigenvalue weighted by atomic mass is 9.96. The van der Waals surface area contributed by atoms with Crippen LogP contribution in [0.15, 0.2) is 42.5 Å². The molecule has 5 nitrogen and oxygen atoms in total. The fourth-order valence-electron chi connectivity index (χ4n) is 4.50. The molecule has 1 N–H and O–H groups in total. The summed E-state index contributed by atoms with van der Waals surface area (Å²) in [5.74, 6) is -0.0346. The van der Waals surface area contributed by atoms with Crippen LogP contribution in [-0.2, 0) is 11.2 Å². The average Bonchev–Trinajstić information content (AvgIpc) is 2.78. The summed E-state index contributed by atoms with van der Waals surface area (Å²) in [4.78, 5) is 18.4. The van der Waals surface area contributed by atoms with Crippen LogP contribution in [0.1, 0.15) is 37.0 Å². The second-order valence-corrected chi connectivity index (χ2v) is 8.15. The number of anilines is 2. The molecule has 0 saturated carbocycles. The first-order chi connectivity index (χ1) is 14.6. The minimum atomic E-state index is -0.576. The number of aliphatic hydroxyl groups is 1. The molecule has 1 amide bonds. The van der Waals surface area contributed by atoms with Crippen LogP contribution in [0.5, 0.6) is 0 Å². The summed E-state index contributed by atoms with van der Waals surface area (Å²) in [5, 5.41) is 10.8. The van der Waals surface area contributed by atoms with Crippen LogP contribution < -0.4 is 9.80 Å². The van der Waals surface area contributed by atoms with Crippen molar-refractivity contribution in [3.05, 3.63) is 59.4 Å². The summed E-state index contributed by atoms with van der Waals surface area (Å²) in [6, 6.07) is 12.9. The van der Waals surface area contributed by atoms with Gasteiger partial charge in [-0.3, -0.25) is 9.69 Å². The number of aliphatic hydroxyl groups excluding tert-OH is 1. The highest BCUT2D eigenvalue weighted by Crippen LogP contribution is 2.31. The number of aryl methyl sites for hydroxylation is 1. The van der Waals surface area contributed by atoms with Gasteiger partial charge in [-0.1, -0.05) is 31.2 Å². The SMILES string of the molecule is CCC(=O)N1CCCc2cc([C@H](O)CN3CCN(c4ccccc4F)CC3)ccc21. The molecule has 0 radical (unpaired) electrons. The lowest BCUT2D eigenvalue weighted by molar-refractivity contribution is -0.118. The number of benzene rings is 2. The van der Waals surface area contributed by atoms with E-state index in [2.05, 4.69) is 15.9 Å². The van der Waals surface area contributed by atoms with Crippen molar-refractivity contribution in [1.29, 1.82) is 0 Å². The number of β-amino-alcohol motifs (C(OH)–C–C–N with tert-alkyl or cyclic N) is 1. The molecule has 30 heavy (non-hydrogen) atoms. The molecule has 0 aliphatic carbocycles. The Labute approximate surface area is 177 Å². The maximum absolute atomic E-state index is 14.0. The number of para-hydroxylation sites is 1. The van der Waals surface area contributed by atoms with Crippen LogP contribution in [-0.4, -0.2) is 55.2 Å². The smallest absolute Gasteiger partial charge is 0.226 e. The van der Waals surface area contributed by atoms with Gasteiger partial charge in [0.25, 0.3) is 0 Å². The predicted octanol–water partition coefficient (Wildman–Crippen LogP) is 3.37. The Bertz CT molecular complexity index is 896. The van der Waals surface area contributed by atoms with Crippen LogP contribution in [0.3, 0.4) is 0 Å². The van der Waals surface area contributed by atoms with Gasteiger partial charge in [0.15, 0.2) is 0 Å².